The molecule has 2 N–H and O–H groups in total. The van der Waals surface area contributed by atoms with E-state index >= 15 is 0 Å². The van der Waals surface area contributed by atoms with E-state index in [0.29, 0.717) is 0 Å². The molecule has 0 saturated carbocycles. The summed E-state index contributed by atoms with van der Waals surface area (Å²) in [5.41, 5.74) is 12.8. The fraction of sp³-hybridized carbons (Fsp3) is 0.192. The van der Waals surface area contributed by atoms with E-state index in [4.69, 9.17) is 0 Å². The number of aryl methyl sites for hydroxylation is 3. The average Bonchev–Trinajstić information content (AvgIpc) is 3.73. The molecule has 4 nitrogen and oxygen atoms in total. The number of unbranched alkanes of at least 4 members (excludes halogenated alkanes) is 1. The average molecular weight is 797 g/mol. The quantitative estimate of drug-likeness (QED) is 0.107. The standard InChI is InChI=1S/C52H50N2O2P2/c1-33-29-42(40-27-34(2)31-48(50(40)55)53-44-21-11-7-17-36(44)37-18-8-12-22-45(37)53)52(58(6)26-16-15-25-57(4)5)43(30-33)41-28-35(3)32-49(51(41)56)54-46-23-13-9-19-38(46)39-20-10-14-24-47(39)54/h7-14,17-24,27-32,55-56H,15-16,25-26H2,1-6H3. The molecule has 1 unspecified atom stereocenters. The highest BCUT2D eigenvalue weighted by atomic mass is 31.1. The number of hydrogen-bond donors (Lipinski definition) is 2. The maximum atomic E-state index is 12.7. The number of aromatic nitrogens is 2. The van der Waals surface area contributed by atoms with Crippen LogP contribution in [0.25, 0.3) is 77.2 Å². The second kappa shape index (κ2) is 15.4. The fourth-order valence-corrected chi connectivity index (χ4v) is 12.1. The van der Waals surface area contributed by atoms with Crippen LogP contribution in [0.1, 0.15) is 29.5 Å². The fourth-order valence-electron chi connectivity index (χ4n) is 9.12. The van der Waals surface area contributed by atoms with Crippen LogP contribution < -0.4 is 5.30 Å². The number of benzene rings is 7. The van der Waals surface area contributed by atoms with Gasteiger partial charge in [0.05, 0.1) is 33.4 Å². The molecule has 0 aliphatic carbocycles. The van der Waals surface area contributed by atoms with Crippen molar-refractivity contribution in [2.45, 2.75) is 33.6 Å². The highest BCUT2D eigenvalue weighted by Crippen LogP contribution is 2.48. The van der Waals surface area contributed by atoms with Gasteiger partial charge in [0, 0.05) is 32.7 Å². The zero-order chi connectivity index (χ0) is 40.2. The molecule has 9 rings (SSSR count). The van der Waals surface area contributed by atoms with Gasteiger partial charge < -0.3 is 19.3 Å². The van der Waals surface area contributed by atoms with Crippen LogP contribution in [0, 0.1) is 20.8 Å². The summed E-state index contributed by atoms with van der Waals surface area (Å²) in [7, 11) is -0.652. The minimum atomic E-state index is -0.703. The van der Waals surface area contributed by atoms with Crippen LogP contribution >= 0.6 is 15.8 Å². The summed E-state index contributed by atoms with van der Waals surface area (Å²) in [5.74, 6) is 0.528. The lowest BCUT2D eigenvalue weighted by atomic mass is 9.93. The van der Waals surface area contributed by atoms with Crippen molar-refractivity contribution in [2.75, 3.05) is 32.3 Å². The monoisotopic (exact) mass is 796 g/mol. The molecule has 2 heterocycles. The smallest absolute Gasteiger partial charge is 0.147 e. The van der Waals surface area contributed by atoms with Crippen LogP contribution in [0.15, 0.2) is 133 Å². The number of nitrogens with zero attached hydrogens (tertiary/aromatic N) is 2. The first-order chi connectivity index (χ1) is 28.1. The van der Waals surface area contributed by atoms with Crippen LogP contribution in [-0.2, 0) is 0 Å². The van der Waals surface area contributed by atoms with E-state index in [0.717, 1.165) is 107 Å². The molecule has 2 aromatic heterocycles. The normalized spacial score (nSPS) is 12.5. The number of rotatable bonds is 10. The van der Waals surface area contributed by atoms with Gasteiger partial charge in [0.25, 0.3) is 0 Å². The summed E-state index contributed by atoms with van der Waals surface area (Å²) in [6.45, 7) is 13.5. The van der Waals surface area contributed by atoms with Gasteiger partial charge in [-0.15, -0.1) is 7.92 Å². The van der Waals surface area contributed by atoms with Crippen LogP contribution in [0.4, 0.5) is 0 Å². The molecule has 6 heteroatoms. The third kappa shape index (κ3) is 6.57. The van der Waals surface area contributed by atoms with Crippen LogP contribution in [0.3, 0.4) is 0 Å². The molecular weight excluding hydrogens is 747 g/mol. The number of phenolic OH excluding ortho intramolecular Hbond substituents is 2. The van der Waals surface area contributed by atoms with Gasteiger partial charge >= 0.3 is 0 Å². The van der Waals surface area contributed by atoms with Gasteiger partial charge in [-0.25, -0.2) is 0 Å². The summed E-state index contributed by atoms with van der Waals surface area (Å²) in [6, 6.07) is 46.9. The number of phenols is 2. The molecule has 0 aliphatic heterocycles. The predicted molar refractivity (Wildman–Crippen MR) is 254 cm³/mol. The molecule has 0 radical (unpaired) electrons. The third-order valence-electron chi connectivity index (χ3n) is 11.7. The largest absolute Gasteiger partial charge is 0.505 e. The molecule has 7 aromatic carbocycles. The van der Waals surface area contributed by atoms with Crippen molar-refractivity contribution >= 4 is 64.8 Å². The Balaban J connectivity index is 1.30. The second-order valence-electron chi connectivity index (χ2n) is 16.2. The van der Waals surface area contributed by atoms with E-state index in [9.17, 15) is 10.2 Å². The van der Waals surface area contributed by atoms with Gasteiger partial charge in [-0.05, 0) is 148 Å². The highest BCUT2D eigenvalue weighted by Gasteiger charge is 2.26. The van der Waals surface area contributed by atoms with Crippen LogP contribution in [-0.4, -0.2) is 51.7 Å². The van der Waals surface area contributed by atoms with E-state index in [2.05, 4.69) is 183 Å². The SMILES string of the molecule is Cc1cc(-c2cc(C)cc(-n3c4ccccc4c4ccccc43)c2O)c(P(C)CCCCP(C)C)c(-c2cc(C)cc(-n3c4ccccc4c4ccccc43)c2O)c1. The van der Waals surface area contributed by atoms with Gasteiger partial charge in [-0.1, -0.05) is 92.9 Å². The number of para-hydroxylation sites is 4. The first-order valence-electron chi connectivity index (χ1n) is 20.3. The minimum Gasteiger partial charge on any atom is -0.505 e. The van der Waals surface area contributed by atoms with Gasteiger partial charge in [0.15, 0.2) is 0 Å². The van der Waals surface area contributed by atoms with Crippen molar-refractivity contribution in [3.63, 3.8) is 0 Å². The van der Waals surface area contributed by atoms with E-state index in [1.165, 1.54) is 17.9 Å². The highest BCUT2D eigenvalue weighted by molar-refractivity contribution is 7.65. The Bertz CT molecular complexity index is 2730. The summed E-state index contributed by atoms with van der Waals surface area (Å²) in [6.07, 6.45) is 4.70. The molecule has 0 fully saturated rings. The van der Waals surface area contributed by atoms with Crippen molar-refractivity contribution in [2.24, 2.45) is 0 Å². The lowest BCUT2D eigenvalue weighted by molar-refractivity contribution is 0.475. The van der Waals surface area contributed by atoms with E-state index in [1.54, 1.807) is 0 Å². The van der Waals surface area contributed by atoms with Gasteiger partial charge in [-0.2, -0.15) is 0 Å². The number of hydrogen-bond acceptors (Lipinski definition) is 2. The predicted octanol–water partition coefficient (Wildman–Crippen LogP) is 13.8. The summed E-state index contributed by atoms with van der Waals surface area (Å²) in [4.78, 5) is 0. The second-order valence-corrected chi connectivity index (χ2v) is 21.1. The molecule has 0 spiro atoms. The Kier molecular flexibility index (Phi) is 10.1. The lowest BCUT2D eigenvalue weighted by Crippen LogP contribution is -2.13. The Hall–Kier alpha value is -5.40. The molecular formula is C52H50N2O2P2. The topological polar surface area (TPSA) is 50.3 Å². The van der Waals surface area contributed by atoms with Gasteiger partial charge in [0.2, 0.25) is 0 Å². The molecule has 0 amide bonds. The van der Waals surface area contributed by atoms with Crippen LogP contribution in [0.5, 0.6) is 11.5 Å². The van der Waals surface area contributed by atoms with Crippen molar-refractivity contribution in [1.82, 2.24) is 9.13 Å². The van der Waals surface area contributed by atoms with Crippen molar-refractivity contribution in [3.8, 4) is 45.1 Å². The Morgan fingerprint density at radius 2 is 0.759 bits per heavy atom. The summed E-state index contributed by atoms with van der Waals surface area (Å²) >= 11 is 0. The van der Waals surface area contributed by atoms with Crippen molar-refractivity contribution < 1.29 is 10.2 Å². The maximum Gasteiger partial charge on any atom is 0.147 e. The van der Waals surface area contributed by atoms with Gasteiger partial charge in [-0.3, -0.25) is 0 Å². The van der Waals surface area contributed by atoms with E-state index in [-0.39, 0.29) is 19.4 Å². The minimum absolute atomic E-state index is 0.0507. The Morgan fingerprint density at radius 3 is 1.14 bits per heavy atom. The molecule has 9 aromatic rings. The maximum absolute atomic E-state index is 12.7. The lowest BCUT2D eigenvalue weighted by Gasteiger charge is -2.25. The molecule has 58 heavy (non-hydrogen) atoms. The summed E-state index contributed by atoms with van der Waals surface area (Å²) in [5, 5.41) is 31.3. The number of aromatic hydroxyl groups is 2. The van der Waals surface area contributed by atoms with Crippen LogP contribution in [0.2, 0.25) is 0 Å². The molecule has 290 valence electrons. The zero-order valence-corrected chi connectivity index (χ0v) is 36.0. The Labute approximate surface area is 343 Å². The van der Waals surface area contributed by atoms with Gasteiger partial charge in [0.1, 0.15) is 11.5 Å². The van der Waals surface area contributed by atoms with E-state index < -0.39 is 7.92 Å². The first kappa shape index (κ1) is 38.1. The first-order valence-corrected chi connectivity index (χ1v) is 24.7. The molecule has 0 aliphatic rings. The van der Waals surface area contributed by atoms with E-state index in [1.807, 2.05) is 0 Å². The van der Waals surface area contributed by atoms with Crippen molar-refractivity contribution in [3.05, 3.63) is 150 Å². The Morgan fingerprint density at radius 1 is 0.431 bits per heavy atom. The molecule has 0 saturated heterocycles. The summed E-state index contributed by atoms with van der Waals surface area (Å²) < 4.78 is 4.44. The van der Waals surface area contributed by atoms with Crippen molar-refractivity contribution in [1.29, 1.82) is 0 Å². The molecule has 1 atom stereocenters. The zero-order valence-electron chi connectivity index (χ0n) is 34.2. The number of fused-ring (bicyclic) bond motifs is 6. The third-order valence-corrected chi connectivity index (χ3v) is 15.1. The molecule has 0 bridgehead atoms.